The molecule has 7 nitrogen and oxygen atoms in total. The van der Waals surface area contributed by atoms with Crippen LogP contribution in [0, 0.1) is 6.92 Å². The monoisotopic (exact) mass is 295 g/mol. The molecule has 106 valence electrons. The number of aromatic carboxylic acids is 1. The molecule has 0 fully saturated rings. The summed E-state index contributed by atoms with van der Waals surface area (Å²) in [5.74, 6) is -1.35. The lowest BCUT2D eigenvalue weighted by atomic mass is 10.2. The molecule has 0 amide bonds. The van der Waals surface area contributed by atoms with Crippen LogP contribution >= 0.6 is 0 Å². The minimum absolute atomic E-state index is 0.384. The molecule has 0 radical (unpaired) electrons. The van der Waals surface area contributed by atoms with E-state index in [-0.39, 0.29) is 5.56 Å². The van der Waals surface area contributed by atoms with Crippen LogP contribution in [0.1, 0.15) is 15.9 Å². The van der Waals surface area contributed by atoms with Crippen LogP contribution in [0.4, 0.5) is 5.69 Å². The number of nitrogens with one attached hydrogen (secondary N) is 1. The van der Waals surface area contributed by atoms with Gasteiger partial charge in [0.2, 0.25) is 0 Å². The van der Waals surface area contributed by atoms with E-state index in [2.05, 4.69) is 10.2 Å². The molecule has 1 aromatic carbocycles. The summed E-state index contributed by atoms with van der Waals surface area (Å²) in [6.45, 7) is 1.77. The Kier molecular flexibility index (Phi) is 3.49. The van der Waals surface area contributed by atoms with Gasteiger partial charge >= 0.3 is 5.97 Å². The Hall–Kier alpha value is -2.35. The zero-order chi connectivity index (χ0) is 14.9. The van der Waals surface area contributed by atoms with Gasteiger partial charge in [0.05, 0.1) is 11.9 Å². The molecule has 0 saturated carbocycles. The fourth-order valence-electron chi connectivity index (χ4n) is 1.81. The molecule has 8 heteroatoms. The number of carboxylic acid groups (broad SMARTS) is 1. The SMILES string of the molecule is Cc1ccccc1N(C)S(=O)(=O)c1[nH]ncc1C(=O)O. The molecule has 2 rings (SSSR count). The van der Waals surface area contributed by atoms with Crippen molar-refractivity contribution in [2.45, 2.75) is 11.9 Å². The Morgan fingerprint density at radius 2 is 2.00 bits per heavy atom. The van der Waals surface area contributed by atoms with Gasteiger partial charge in [0.25, 0.3) is 10.0 Å². The van der Waals surface area contributed by atoms with Gasteiger partial charge < -0.3 is 5.11 Å². The summed E-state index contributed by atoms with van der Waals surface area (Å²) in [5.41, 5.74) is 0.846. The van der Waals surface area contributed by atoms with E-state index in [1.165, 1.54) is 7.05 Å². The van der Waals surface area contributed by atoms with Crippen LogP contribution in [-0.4, -0.2) is 36.7 Å². The molecule has 0 atom stereocenters. The maximum Gasteiger partial charge on any atom is 0.340 e. The topological polar surface area (TPSA) is 103 Å². The van der Waals surface area contributed by atoms with Gasteiger partial charge in [0, 0.05) is 7.05 Å². The van der Waals surface area contributed by atoms with Gasteiger partial charge in [-0.3, -0.25) is 9.40 Å². The first kappa shape index (κ1) is 14.1. The Morgan fingerprint density at radius 3 is 2.60 bits per heavy atom. The number of carboxylic acids is 1. The third kappa shape index (κ3) is 2.25. The minimum atomic E-state index is -4.01. The molecule has 1 aromatic heterocycles. The molecular formula is C12H13N3O4S. The third-order valence-corrected chi connectivity index (χ3v) is 4.65. The Balaban J connectivity index is 2.53. The number of benzene rings is 1. The number of aryl methyl sites for hydroxylation is 1. The number of nitrogens with zero attached hydrogens (tertiary/aromatic N) is 2. The van der Waals surface area contributed by atoms with Crippen LogP contribution in [0.2, 0.25) is 0 Å². The van der Waals surface area contributed by atoms with E-state index in [4.69, 9.17) is 5.11 Å². The van der Waals surface area contributed by atoms with E-state index < -0.39 is 21.0 Å². The van der Waals surface area contributed by atoms with Crippen molar-refractivity contribution in [1.82, 2.24) is 10.2 Å². The van der Waals surface area contributed by atoms with E-state index in [0.717, 1.165) is 16.1 Å². The van der Waals surface area contributed by atoms with Crippen LogP contribution in [0.5, 0.6) is 0 Å². The molecule has 0 saturated heterocycles. The van der Waals surface area contributed by atoms with Gasteiger partial charge in [-0.2, -0.15) is 13.5 Å². The average Bonchev–Trinajstić information content (AvgIpc) is 2.88. The van der Waals surface area contributed by atoms with Crippen LogP contribution in [0.3, 0.4) is 0 Å². The number of sulfonamides is 1. The van der Waals surface area contributed by atoms with Crippen molar-refractivity contribution in [3.05, 3.63) is 41.6 Å². The number of anilines is 1. The Bertz CT molecular complexity index is 752. The molecule has 0 bridgehead atoms. The highest BCUT2D eigenvalue weighted by Crippen LogP contribution is 2.25. The molecule has 1 heterocycles. The Morgan fingerprint density at radius 1 is 1.35 bits per heavy atom. The van der Waals surface area contributed by atoms with E-state index >= 15 is 0 Å². The first-order chi connectivity index (χ1) is 9.35. The van der Waals surface area contributed by atoms with Crippen LogP contribution in [0.15, 0.2) is 35.5 Å². The normalized spacial score (nSPS) is 11.3. The highest BCUT2D eigenvalue weighted by molar-refractivity contribution is 7.92. The highest BCUT2D eigenvalue weighted by Gasteiger charge is 2.29. The van der Waals surface area contributed by atoms with Crippen molar-refractivity contribution in [3.8, 4) is 0 Å². The number of aromatic nitrogens is 2. The van der Waals surface area contributed by atoms with Crippen LogP contribution in [-0.2, 0) is 10.0 Å². The van der Waals surface area contributed by atoms with Crippen molar-refractivity contribution in [1.29, 1.82) is 0 Å². The zero-order valence-corrected chi connectivity index (χ0v) is 11.7. The predicted octanol–water partition coefficient (Wildman–Crippen LogP) is 1.24. The number of hydrogen-bond acceptors (Lipinski definition) is 4. The maximum atomic E-state index is 12.5. The third-order valence-electron chi connectivity index (χ3n) is 2.91. The summed E-state index contributed by atoms with van der Waals surface area (Å²) in [6.07, 6.45) is 0.973. The van der Waals surface area contributed by atoms with Crippen LogP contribution < -0.4 is 4.31 Å². The van der Waals surface area contributed by atoms with Gasteiger partial charge in [0.15, 0.2) is 5.03 Å². The molecule has 2 aromatic rings. The fourth-order valence-corrected chi connectivity index (χ4v) is 3.13. The highest BCUT2D eigenvalue weighted by atomic mass is 32.2. The molecule has 0 spiro atoms. The molecule has 0 unspecified atom stereocenters. The fraction of sp³-hybridized carbons (Fsp3) is 0.167. The van der Waals surface area contributed by atoms with Crippen LogP contribution in [0.25, 0.3) is 0 Å². The number of hydrogen-bond donors (Lipinski definition) is 2. The summed E-state index contributed by atoms with van der Waals surface area (Å²) < 4.78 is 26.0. The van der Waals surface area contributed by atoms with Crippen molar-refractivity contribution >= 4 is 21.7 Å². The standard InChI is InChI=1S/C12H13N3O4S/c1-8-5-3-4-6-10(8)15(2)20(18,19)11-9(12(16)17)7-13-14-11/h3-7H,1-2H3,(H,13,14)(H,16,17). The first-order valence-electron chi connectivity index (χ1n) is 5.67. The Labute approximate surface area is 115 Å². The number of para-hydroxylation sites is 1. The van der Waals surface area contributed by atoms with Gasteiger partial charge in [-0.15, -0.1) is 0 Å². The van der Waals surface area contributed by atoms with Gasteiger partial charge in [-0.05, 0) is 18.6 Å². The molecular weight excluding hydrogens is 282 g/mol. The summed E-state index contributed by atoms with van der Waals surface area (Å²) in [4.78, 5) is 11.0. The second kappa shape index (κ2) is 4.97. The lowest BCUT2D eigenvalue weighted by molar-refractivity contribution is 0.0692. The molecule has 0 aliphatic rings. The van der Waals surface area contributed by atoms with Gasteiger partial charge in [-0.1, -0.05) is 18.2 Å². The summed E-state index contributed by atoms with van der Waals surface area (Å²) in [7, 11) is -2.65. The van der Waals surface area contributed by atoms with E-state index in [1.807, 2.05) is 0 Å². The van der Waals surface area contributed by atoms with Crippen molar-refractivity contribution < 1.29 is 18.3 Å². The molecule has 20 heavy (non-hydrogen) atoms. The average molecular weight is 295 g/mol. The second-order valence-electron chi connectivity index (χ2n) is 4.18. The summed E-state index contributed by atoms with van der Waals surface area (Å²) >= 11 is 0. The molecule has 0 aliphatic carbocycles. The lowest BCUT2D eigenvalue weighted by Gasteiger charge is -2.20. The van der Waals surface area contributed by atoms with E-state index in [0.29, 0.717) is 5.69 Å². The number of H-pyrrole nitrogens is 1. The maximum absolute atomic E-state index is 12.5. The summed E-state index contributed by atoms with van der Waals surface area (Å²) in [5, 5.41) is 14.3. The lowest BCUT2D eigenvalue weighted by Crippen LogP contribution is -2.28. The smallest absolute Gasteiger partial charge is 0.340 e. The molecule has 0 aliphatic heterocycles. The van der Waals surface area contributed by atoms with Crippen molar-refractivity contribution in [3.63, 3.8) is 0 Å². The number of aromatic amines is 1. The van der Waals surface area contributed by atoms with E-state index in [9.17, 15) is 13.2 Å². The van der Waals surface area contributed by atoms with Crippen molar-refractivity contribution in [2.24, 2.45) is 0 Å². The van der Waals surface area contributed by atoms with Gasteiger partial charge in [-0.25, -0.2) is 4.79 Å². The predicted molar refractivity (Wildman–Crippen MR) is 72.3 cm³/mol. The second-order valence-corrected chi connectivity index (χ2v) is 6.08. The summed E-state index contributed by atoms with van der Waals surface area (Å²) in [6, 6.07) is 6.91. The zero-order valence-electron chi connectivity index (χ0n) is 10.9. The quantitative estimate of drug-likeness (QED) is 0.883. The first-order valence-corrected chi connectivity index (χ1v) is 7.11. The van der Waals surface area contributed by atoms with Crippen molar-refractivity contribution in [2.75, 3.05) is 11.4 Å². The molecule has 2 N–H and O–H groups in total. The number of carbonyl (C=O) groups is 1. The largest absolute Gasteiger partial charge is 0.478 e. The van der Waals surface area contributed by atoms with Gasteiger partial charge in [0.1, 0.15) is 5.56 Å². The number of rotatable bonds is 4. The van der Waals surface area contributed by atoms with E-state index in [1.54, 1.807) is 31.2 Å². The minimum Gasteiger partial charge on any atom is -0.478 e.